The molecule has 4 rings (SSSR count). The van der Waals surface area contributed by atoms with Crippen molar-refractivity contribution >= 4 is 27.9 Å². The van der Waals surface area contributed by atoms with E-state index >= 15 is 0 Å². The van der Waals surface area contributed by atoms with Crippen molar-refractivity contribution in [3.63, 3.8) is 0 Å². The highest BCUT2D eigenvalue weighted by Crippen LogP contribution is 2.66. The van der Waals surface area contributed by atoms with Gasteiger partial charge in [-0.2, -0.15) is 0 Å². The summed E-state index contributed by atoms with van der Waals surface area (Å²) < 4.78 is 11.3. The maximum Gasteiger partial charge on any atom is 0.302 e. The van der Waals surface area contributed by atoms with Gasteiger partial charge in [-0.05, 0) is 61.7 Å². The van der Waals surface area contributed by atoms with Gasteiger partial charge in [0.1, 0.15) is 12.2 Å². The van der Waals surface area contributed by atoms with Gasteiger partial charge in [-0.1, -0.05) is 41.4 Å². The van der Waals surface area contributed by atoms with E-state index in [-0.39, 0.29) is 35.0 Å². The topological polar surface area (TPSA) is 52.6 Å². The number of hydrogen-bond donors (Lipinski definition) is 0. The lowest BCUT2D eigenvalue weighted by atomic mass is 9.48. The minimum atomic E-state index is -0.172. The van der Waals surface area contributed by atoms with E-state index in [1.165, 1.54) is 25.8 Å². The molecular formula is C23H33BrO4. The molecular weight excluding hydrogens is 420 g/mol. The molecule has 0 aromatic heterocycles. The number of hydrogen-bond acceptors (Lipinski definition) is 4. The van der Waals surface area contributed by atoms with Crippen LogP contribution in [0.1, 0.15) is 72.6 Å². The van der Waals surface area contributed by atoms with E-state index in [1.54, 1.807) is 0 Å². The Hall–Kier alpha value is -0.840. The summed E-state index contributed by atoms with van der Waals surface area (Å²) in [6.45, 7) is 7.84. The third-order valence-electron chi connectivity index (χ3n) is 8.60. The van der Waals surface area contributed by atoms with Crippen LogP contribution in [0.5, 0.6) is 0 Å². The quantitative estimate of drug-likeness (QED) is 0.328. The van der Waals surface area contributed by atoms with Crippen molar-refractivity contribution < 1.29 is 19.1 Å². The van der Waals surface area contributed by atoms with Crippen LogP contribution in [0.2, 0.25) is 0 Å². The summed E-state index contributed by atoms with van der Waals surface area (Å²) in [5, 5.41) is 0. The normalized spacial score (nSPS) is 47.2. The lowest BCUT2D eigenvalue weighted by Gasteiger charge is -2.59. The van der Waals surface area contributed by atoms with E-state index in [9.17, 15) is 9.59 Å². The first-order chi connectivity index (χ1) is 13.1. The molecule has 0 unspecified atom stereocenters. The first-order valence-electron chi connectivity index (χ1n) is 10.8. The standard InChI is InChI=1S/C23H33BrO4/c1-13(25)27-16-7-9-22(3)15(11-16)12-19(24)21-17-5-6-20(28-14(2)26)23(17,4)10-8-18(21)22/h12,16-21H,5-11H2,1-4H3/t16-,17-,18-,19+,20-,21-,22-,23-/m0/s1. The van der Waals surface area contributed by atoms with Crippen molar-refractivity contribution in [3.05, 3.63) is 11.6 Å². The zero-order valence-electron chi connectivity index (χ0n) is 17.5. The van der Waals surface area contributed by atoms with E-state index in [4.69, 9.17) is 9.47 Å². The van der Waals surface area contributed by atoms with Gasteiger partial charge in [0.2, 0.25) is 0 Å². The summed E-state index contributed by atoms with van der Waals surface area (Å²) >= 11 is 4.03. The van der Waals surface area contributed by atoms with Crippen molar-refractivity contribution in [2.75, 3.05) is 0 Å². The van der Waals surface area contributed by atoms with Crippen LogP contribution in [-0.2, 0) is 19.1 Å². The number of carbonyl (C=O) groups is 2. The molecule has 28 heavy (non-hydrogen) atoms. The van der Waals surface area contributed by atoms with E-state index in [1.807, 2.05) is 0 Å². The largest absolute Gasteiger partial charge is 0.462 e. The molecule has 4 nitrogen and oxygen atoms in total. The SMILES string of the molecule is CC(=O)O[C@H]1CC[C@@]2(C)C(=C[C@@H](Br)[C@H]3[C@@H]4CC[C@H](OC(C)=O)[C@@]4(C)CC[C@@H]32)C1. The minimum absolute atomic E-state index is 0.0294. The predicted octanol–water partition coefficient (Wildman–Crippen LogP) is 5.19. The molecule has 0 N–H and O–H groups in total. The predicted molar refractivity (Wildman–Crippen MR) is 111 cm³/mol. The highest BCUT2D eigenvalue weighted by Gasteiger charge is 2.61. The van der Waals surface area contributed by atoms with Crippen LogP contribution in [0.3, 0.4) is 0 Å². The van der Waals surface area contributed by atoms with Gasteiger partial charge < -0.3 is 9.47 Å². The molecule has 4 aliphatic rings. The van der Waals surface area contributed by atoms with E-state index in [2.05, 4.69) is 35.9 Å². The Labute approximate surface area is 176 Å². The maximum absolute atomic E-state index is 11.6. The highest BCUT2D eigenvalue weighted by molar-refractivity contribution is 9.09. The van der Waals surface area contributed by atoms with Crippen LogP contribution < -0.4 is 0 Å². The molecule has 0 spiro atoms. The summed E-state index contributed by atoms with van der Waals surface area (Å²) in [5.74, 6) is 1.49. The summed E-state index contributed by atoms with van der Waals surface area (Å²) in [6.07, 6.45) is 9.90. The van der Waals surface area contributed by atoms with Gasteiger partial charge in [-0.15, -0.1) is 0 Å². The number of carbonyl (C=O) groups excluding carboxylic acids is 2. The first-order valence-corrected chi connectivity index (χ1v) is 11.8. The molecule has 0 aromatic rings. The smallest absolute Gasteiger partial charge is 0.302 e. The van der Waals surface area contributed by atoms with Crippen LogP contribution in [0, 0.1) is 28.6 Å². The van der Waals surface area contributed by atoms with Gasteiger partial charge in [-0.3, -0.25) is 9.59 Å². The Bertz CT molecular complexity index is 703. The van der Waals surface area contributed by atoms with Crippen LogP contribution in [-0.4, -0.2) is 29.0 Å². The Kier molecular flexibility index (Phi) is 5.21. The lowest BCUT2D eigenvalue weighted by molar-refractivity contribution is -0.156. The summed E-state index contributed by atoms with van der Waals surface area (Å²) in [5.41, 5.74) is 1.77. The lowest BCUT2D eigenvalue weighted by Crippen LogP contribution is -2.54. The van der Waals surface area contributed by atoms with Gasteiger partial charge in [0.15, 0.2) is 0 Å². The number of halogens is 1. The van der Waals surface area contributed by atoms with Gasteiger partial charge in [0.25, 0.3) is 0 Å². The monoisotopic (exact) mass is 452 g/mol. The molecule has 8 atom stereocenters. The average Bonchev–Trinajstić information content (AvgIpc) is 2.92. The van der Waals surface area contributed by atoms with Crippen LogP contribution in [0.4, 0.5) is 0 Å². The van der Waals surface area contributed by atoms with Crippen molar-refractivity contribution in [2.45, 2.75) is 89.7 Å². The molecule has 0 heterocycles. The number of fused-ring (bicyclic) bond motifs is 5. The number of alkyl halides is 1. The average molecular weight is 453 g/mol. The molecule has 0 amide bonds. The van der Waals surface area contributed by atoms with E-state index in [0.29, 0.717) is 22.6 Å². The molecule has 3 fully saturated rings. The second-order valence-corrected chi connectivity index (χ2v) is 11.1. The Morgan fingerprint density at radius 3 is 2.39 bits per heavy atom. The number of rotatable bonds is 2. The van der Waals surface area contributed by atoms with Crippen molar-refractivity contribution in [2.24, 2.45) is 28.6 Å². The Balaban J connectivity index is 1.61. The minimum Gasteiger partial charge on any atom is -0.462 e. The molecule has 0 radical (unpaired) electrons. The van der Waals surface area contributed by atoms with E-state index in [0.717, 1.165) is 38.5 Å². The second kappa shape index (κ2) is 7.14. The molecule has 5 heteroatoms. The number of allylic oxidation sites excluding steroid dienone is 1. The van der Waals surface area contributed by atoms with Gasteiger partial charge >= 0.3 is 11.9 Å². The second-order valence-electron chi connectivity index (χ2n) is 10.0. The van der Waals surface area contributed by atoms with E-state index < -0.39 is 0 Å². The van der Waals surface area contributed by atoms with Gasteiger partial charge in [0.05, 0.1) is 0 Å². The fourth-order valence-electron chi connectivity index (χ4n) is 7.25. The third kappa shape index (κ3) is 3.16. The number of ether oxygens (including phenoxy) is 2. The fraction of sp³-hybridized carbons (Fsp3) is 0.826. The molecule has 0 bridgehead atoms. The number of esters is 2. The summed E-state index contributed by atoms with van der Waals surface area (Å²) in [4.78, 5) is 23.4. The summed E-state index contributed by atoms with van der Waals surface area (Å²) in [7, 11) is 0. The maximum atomic E-state index is 11.6. The summed E-state index contributed by atoms with van der Waals surface area (Å²) in [6, 6.07) is 0. The van der Waals surface area contributed by atoms with Gasteiger partial charge in [0, 0.05) is 30.5 Å². The molecule has 0 aliphatic heterocycles. The molecule has 0 aromatic carbocycles. The third-order valence-corrected chi connectivity index (χ3v) is 9.47. The van der Waals surface area contributed by atoms with Gasteiger partial charge in [-0.25, -0.2) is 0 Å². The van der Waals surface area contributed by atoms with Crippen LogP contribution in [0.15, 0.2) is 11.6 Å². The highest BCUT2D eigenvalue weighted by atomic mass is 79.9. The first kappa shape index (κ1) is 20.4. The molecule has 0 saturated heterocycles. The Morgan fingerprint density at radius 2 is 1.71 bits per heavy atom. The van der Waals surface area contributed by atoms with Crippen LogP contribution >= 0.6 is 15.9 Å². The van der Waals surface area contributed by atoms with Crippen molar-refractivity contribution in [3.8, 4) is 0 Å². The molecule has 4 aliphatic carbocycles. The fourth-order valence-corrected chi connectivity index (χ4v) is 8.31. The van der Waals surface area contributed by atoms with Crippen LogP contribution in [0.25, 0.3) is 0 Å². The zero-order chi connectivity index (χ0) is 20.3. The molecule has 3 saturated carbocycles. The van der Waals surface area contributed by atoms with Crippen molar-refractivity contribution in [1.82, 2.24) is 0 Å². The Morgan fingerprint density at radius 1 is 1.00 bits per heavy atom. The molecule has 156 valence electrons. The van der Waals surface area contributed by atoms with Crippen molar-refractivity contribution in [1.29, 1.82) is 0 Å². The zero-order valence-corrected chi connectivity index (χ0v) is 19.1.